The van der Waals surface area contributed by atoms with Gasteiger partial charge in [-0.05, 0) is 55.0 Å². The highest BCUT2D eigenvalue weighted by Crippen LogP contribution is 2.24. The fraction of sp³-hybridized carbons (Fsp3) is 0.571. The Kier molecular flexibility index (Phi) is 4.04. The first-order chi connectivity index (χ1) is 7.65. The molecule has 0 saturated carbocycles. The number of nitrogens with one attached hydrogen (secondary N) is 1. The molecule has 2 heteroatoms. The fourth-order valence-corrected chi connectivity index (χ4v) is 2.71. The van der Waals surface area contributed by atoms with Crippen LogP contribution in [-0.4, -0.2) is 12.6 Å². The maximum absolute atomic E-state index is 3.66. The van der Waals surface area contributed by atoms with Gasteiger partial charge in [-0.2, -0.15) is 0 Å². The lowest BCUT2D eigenvalue weighted by molar-refractivity contribution is 0.425. The van der Waals surface area contributed by atoms with Gasteiger partial charge in [-0.3, -0.25) is 0 Å². The van der Waals surface area contributed by atoms with Crippen LogP contribution in [0.15, 0.2) is 22.7 Å². The van der Waals surface area contributed by atoms with Crippen LogP contribution in [0.2, 0.25) is 0 Å². The van der Waals surface area contributed by atoms with Crippen molar-refractivity contribution in [3.63, 3.8) is 0 Å². The Morgan fingerprint density at radius 3 is 2.94 bits per heavy atom. The number of benzene rings is 1. The molecule has 2 rings (SSSR count). The van der Waals surface area contributed by atoms with E-state index in [0.29, 0.717) is 6.04 Å². The summed E-state index contributed by atoms with van der Waals surface area (Å²) in [7, 11) is 0. The van der Waals surface area contributed by atoms with E-state index >= 15 is 0 Å². The number of aryl methyl sites for hydroxylation is 1. The van der Waals surface area contributed by atoms with Crippen LogP contribution in [0.1, 0.15) is 31.4 Å². The standard InChI is InChI=1S/C14H20BrN/c1-10(2)9-16-14-6-4-11-7-13(15)5-3-12(11)8-14/h3,5,7,10,14,16H,4,6,8-9H2,1-2H3. The van der Waals surface area contributed by atoms with Gasteiger partial charge in [-0.15, -0.1) is 0 Å². The minimum atomic E-state index is 0.677. The van der Waals surface area contributed by atoms with Crippen molar-refractivity contribution in [3.05, 3.63) is 33.8 Å². The van der Waals surface area contributed by atoms with Crippen LogP contribution in [0.3, 0.4) is 0 Å². The second kappa shape index (κ2) is 5.33. The zero-order chi connectivity index (χ0) is 11.5. The first-order valence-corrected chi connectivity index (χ1v) is 6.95. The van der Waals surface area contributed by atoms with Crippen molar-refractivity contribution in [2.75, 3.05) is 6.54 Å². The molecule has 0 saturated heterocycles. The quantitative estimate of drug-likeness (QED) is 0.894. The van der Waals surface area contributed by atoms with Gasteiger partial charge in [0.2, 0.25) is 0 Å². The summed E-state index contributed by atoms with van der Waals surface area (Å²) >= 11 is 3.54. The molecular weight excluding hydrogens is 262 g/mol. The molecular formula is C14H20BrN. The normalized spacial score (nSPS) is 19.9. The molecule has 0 radical (unpaired) electrons. The summed E-state index contributed by atoms with van der Waals surface area (Å²) in [6, 6.07) is 7.37. The maximum Gasteiger partial charge on any atom is 0.0178 e. The van der Waals surface area contributed by atoms with Crippen molar-refractivity contribution >= 4 is 15.9 Å². The number of fused-ring (bicyclic) bond motifs is 1. The topological polar surface area (TPSA) is 12.0 Å². The molecule has 88 valence electrons. The highest BCUT2D eigenvalue weighted by Gasteiger charge is 2.18. The molecule has 0 fully saturated rings. The third-order valence-corrected chi connectivity index (χ3v) is 3.70. The number of halogens is 1. The van der Waals surface area contributed by atoms with Gasteiger partial charge >= 0.3 is 0 Å². The SMILES string of the molecule is CC(C)CNC1CCc2cc(Br)ccc2C1. The van der Waals surface area contributed by atoms with E-state index in [2.05, 4.69) is 53.3 Å². The van der Waals surface area contributed by atoms with E-state index in [9.17, 15) is 0 Å². The summed E-state index contributed by atoms with van der Waals surface area (Å²) in [6.45, 7) is 5.66. The van der Waals surface area contributed by atoms with Gasteiger partial charge in [-0.25, -0.2) is 0 Å². The van der Waals surface area contributed by atoms with Crippen molar-refractivity contribution in [3.8, 4) is 0 Å². The van der Waals surface area contributed by atoms with Gasteiger partial charge in [0.15, 0.2) is 0 Å². The molecule has 0 spiro atoms. The molecule has 1 aliphatic carbocycles. The Bertz CT molecular complexity index is 360. The largest absolute Gasteiger partial charge is 0.313 e. The molecule has 1 aromatic carbocycles. The molecule has 1 unspecified atom stereocenters. The smallest absolute Gasteiger partial charge is 0.0178 e. The minimum absolute atomic E-state index is 0.677. The summed E-state index contributed by atoms with van der Waals surface area (Å²) in [4.78, 5) is 0. The first-order valence-electron chi connectivity index (χ1n) is 6.16. The second-order valence-corrected chi connectivity index (χ2v) is 6.07. The summed E-state index contributed by atoms with van der Waals surface area (Å²) in [5, 5.41) is 3.66. The third-order valence-electron chi connectivity index (χ3n) is 3.21. The molecule has 16 heavy (non-hydrogen) atoms. The van der Waals surface area contributed by atoms with E-state index in [1.54, 1.807) is 0 Å². The summed E-state index contributed by atoms with van der Waals surface area (Å²) in [5.41, 5.74) is 3.05. The number of hydrogen-bond acceptors (Lipinski definition) is 1. The predicted octanol–water partition coefficient (Wildman–Crippen LogP) is 3.55. The third kappa shape index (κ3) is 3.08. The Balaban J connectivity index is 1.98. The Hall–Kier alpha value is -0.340. The molecule has 1 aromatic rings. The zero-order valence-corrected chi connectivity index (χ0v) is 11.7. The molecule has 0 aromatic heterocycles. The molecule has 1 N–H and O–H groups in total. The van der Waals surface area contributed by atoms with Gasteiger partial charge in [0.1, 0.15) is 0 Å². The van der Waals surface area contributed by atoms with E-state index in [1.165, 1.54) is 34.9 Å². The second-order valence-electron chi connectivity index (χ2n) is 5.15. The molecule has 0 amide bonds. The van der Waals surface area contributed by atoms with E-state index in [0.717, 1.165) is 12.5 Å². The Morgan fingerprint density at radius 2 is 2.19 bits per heavy atom. The monoisotopic (exact) mass is 281 g/mol. The van der Waals surface area contributed by atoms with Crippen LogP contribution in [0.4, 0.5) is 0 Å². The predicted molar refractivity (Wildman–Crippen MR) is 72.8 cm³/mol. The Labute approximate surface area is 107 Å². The van der Waals surface area contributed by atoms with Crippen molar-refractivity contribution in [2.24, 2.45) is 5.92 Å². The molecule has 1 atom stereocenters. The van der Waals surface area contributed by atoms with E-state index in [4.69, 9.17) is 0 Å². The highest BCUT2D eigenvalue weighted by molar-refractivity contribution is 9.10. The van der Waals surface area contributed by atoms with Crippen LogP contribution < -0.4 is 5.32 Å². The minimum Gasteiger partial charge on any atom is -0.313 e. The van der Waals surface area contributed by atoms with E-state index in [-0.39, 0.29) is 0 Å². The molecule has 0 heterocycles. The fourth-order valence-electron chi connectivity index (χ4n) is 2.30. The summed E-state index contributed by atoms with van der Waals surface area (Å²) < 4.78 is 1.21. The molecule has 1 nitrogen and oxygen atoms in total. The van der Waals surface area contributed by atoms with Crippen LogP contribution in [0.25, 0.3) is 0 Å². The van der Waals surface area contributed by atoms with Crippen molar-refractivity contribution in [1.82, 2.24) is 5.32 Å². The van der Waals surface area contributed by atoms with Crippen LogP contribution in [0.5, 0.6) is 0 Å². The molecule has 0 bridgehead atoms. The van der Waals surface area contributed by atoms with Gasteiger partial charge in [0, 0.05) is 10.5 Å². The van der Waals surface area contributed by atoms with Crippen molar-refractivity contribution < 1.29 is 0 Å². The van der Waals surface area contributed by atoms with Crippen LogP contribution >= 0.6 is 15.9 Å². The lowest BCUT2D eigenvalue weighted by atomic mass is 9.88. The summed E-state index contributed by atoms with van der Waals surface area (Å²) in [6.07, 6.45) is 3.68. The van der Waals surface area contributed by atoms with Gasteiger partial charge in [-0.1, -0.05) is 35.8 Å². The maximum atomic E-state index is 3.66. The van der Waals surface area contributed by atoms with Gasteiger partial charge < -0.3 is 5.32 Å². The lowest BCUT2D eigenvalue weighted by Gasteiger charge is -2.26. The summed E-state index contributed by atoms with van der Waals surface area (Å²) in [5.74, 6) is 0.742. The van der Waals surface area contributed by atoms with Crippen LogP contribution in [0, 0.1) is 5.92 Å². The van der Waals surface area contributed by atoms with Gasteiger partial charge in [0.25, 0.3) is 0 Å². The number of hydrogen-bond donors (Lipinski definition) is 1. The lowest BCUT2D eigenvalue weighted by Crippen LogP contribution is -2.36. The van der Waals surface area contributed by atoms with Crippen molar-refractivity contribution in [1.29, 1.82) is 0 Å². The van der Waals surface area contributed by atoms with E-state index in [1.807, 2.05) is 0 Å². The first kappa shape index (κ1) is 12.1. The molecule has 0 aliphatic heterocycles. The van der Waals surface area contributed by atoms with Crippen molar-refractivity contribution in [2.45, 2.75) is 39.2 Å². The van der Waals surface area contributed by atoms with Gasteiger partial charge in [0.05, 0.1) is 0 Å². The zero-order valence-electron chi connectivity index (χ0n) is 10.1. The molecule has 1 aliphatic rings. The van der Waals surface area contributed by atoms with E-state index < -0.39 is 0 Å². The number of rotatable bonds is 3. The highest BCUT2D eigenvalue weighted by atomic mass is 79.9. The average molecular weight is 282 g/mol. The van der Waals surface area contributed by atoms with Crippen LogP contribution in [-0.2, 0) is 12.8 Å². The average Bonchev–Trinajstić information content (AvgIpc) is 2.26. The Morgan fingerprint density at radius 1 is 1.38 bits per heavy atom.